The quantitative estimate of drug-likeness (QED) is 0.761. The van der Waals surface area contributed by atoms with Gasteiger partial charge in [0.15, 0.2) is 11.5 Å². The van der Waals surface area contributed by atoms with Crippen molar-refractivity contribution in [2.45, 2.75) is 51.5 Å². The Morgan fingerprint density at radius 2 is 1.81 bits per heavy atom. The second-order valence-electron chi connectivity index (χ2n) is 7.43. The van der Waals surface area contributed by atoms with Gasteiger partial charge in [0.1, 0.15) is 0 Å². The first-order chi connectivity index (χ1) is 13.1. The zero-order valence-electron chi connectivity index (χ0n) is 16.4. The van der Waals surface area contributed by atoms with Gasteiger partial charge in [-0.15, -0.1) is 0 Å². The Balaban J connectivity index is 2.03. The standard InChI is InChI=1S/C21H31NO5/c1-3-26-18-13-16-7-10-22(11-12-23)21(17(16)14-19(18)27-4-2)8-5-15(6-9-21)20(24)25/h13-15,23H,3-12H2,1-2H3,(H,24,25). The van der Waals surface area contributed by atoms with E-state index >= 15 is 0 Å². The Morgan fingerprint density at radius 1 is 1.19 bits per heavy atom. The lowest BCUT2D eigenvalue weighted by Gasteiger charge is -2.51. The molecule has 0 unspecified atom stereocenters. The van der Waals surface area contributed by atoms with Crippen LogP contribution in [0.5, 0.6) is 11.5 Å². The van der Waals surface area contributed by atoms with Gasteiger partial charge in [-0.25, -0.2) is 0 Å². The first kappa shape index (κ1) is 20.0. The minimum Gasteiger partial charge on any atom is -0.490 e. The average molecular weight is 377 g/mol. The van der Waals surface area contributed by atoms with Crippen LogP contribution < -0.4 is 9.47 Å². The second kappa shape index (κ2) is 8.48. The molecule has 1 saturated carbocycles. The lowest BCUT2D eigenvalue weighted by molar-refractivity contribution is -0.144. The van der Waals surface area contributed by atoms with Gasteiger partial charge in [-0.2, -0.15) is 0 Å². The van der Waals surface area contributed by atoms with Gasteiger partial charge in [-0.1, -0.05) is 0 Å². The van der Waals surface area contributed by atoms with Crippen molar-refractivity contribution < 1.29 is 24.5 Å². The van der Waals surface area contributed by atoms with Crippen molar-refractivity contribution in [2.75, 3.05) is 32.9 Å². The van der Waals surface area contributed by atoms with Crippen molar-refractivity contribution in [1.82, 2.24) is 4.90 Å². The molecular formula is C21H31NO5. The van der Waals surface area contributed by atoms with Crippen molar-refractivity contribution in [2.24, 2.45) is 5.92 Å². The molecule has 1 aliphatic heterocycles. The molecular weight excluding hydrogens is 346 g/mol. The minimum atomic E-state index is -0.698. The number of aliphatic carboxylic acids is 1. The summed E-state index contributed by atoms with van der Waals surface area (Å²) in [5, 5.41) is 19.0. The predicted octanol–water partition coefficient (Wildman–Crippen LogP) is 2.80. The molecule has 150 valence electrons. The molecule has 2 aliphatic rings. The van der Waals surface area contributed by atoms with E-state index in [1.165, 1.54) is 11.1 Å². The molecule has 6 nitrogen and oxygen atoms in total. The lowest BCUT2D eigenvalue weighted by atomic mass is 9.68. The number of carboxylic acid groups (broad SMARTS) is 1. The highest BCUT2D eigenvalue weighted by molar-refractivity contribution is 5.70. The van der Waals surface area contributed by atoms with Crippen molar-refractivity contribution in [3.63, 3.8) is 0 Å². The van der Waals surface area contributed by atoms with Crippen LogP contribution in [0.3, 0.4) is 0 Å². The van der Waals surface area contributed by atoms with Gasteiger partial charge in [0.25, 0.3) is 0 Å². The van der Waals surface area contributed by atoms with Crippen molar-refractivity contribution >= 4 is 5.97 Å². The average Bonchev–Trinajstić information content (AvgIpc) is 2.66. The van der Waals surface area contributed by atoms with Crippen molar-refractivity contribution in [1.29, 1.82) is 0 Å². The number of ether oxygens (including phenoxy) is 2. The number of benzene rings is 1. The van der Waals surface area contributed by atoms with Crippen LogP contribution in [0, 0.1) is 5.92 Å². The molecule has 3 rings (SSSR count). The number of β-amino-alcohol motifs (C(OH)–C–C–N with tert-alkyl or cyclic N) is 1. The van der Waals surface area contributed by atoms with Gasteiger partial charge in [0, 0.05) is 18.6 Å². The third-order valence-corrected chi connectivity index (χ3v) is 6.06. The molecule has 1 aromatic rings. The molecule has 0 atom stereocenters. The zero-order valence-corrected chi connectivity index (χ0v) is 16.4. The first-order valence-electron chi connectivity index (χ1n) is 10.1. The van der Waals surface area contributed by atoms with Crippen LogP contribution in [-0.2, 0) is 16.8 Å². The zero-order chi connectivity index (χ0) is 19.4. The fraction of sp³-hybridized carbons (Fsp3) is 0.667. The molecule has 2 N–H and O–H groups in total. The van der Waals surface area contributed by atoms with E-state index in [-0.39, 0.29) is 18.1 Å². The lowest BCUT2D eigenvalue weighted by Crippen LogP contribution is -2.53. The number of carbonyl (C=O) groups is 1. The second-order valence-corrected chi connectivity index (χ2v) is 7.43. The van der Waals surface area contributed by atoms with Crippen LogP contribution in [0.1, 0.15) is 50.7 Å². The highest BCUT2D eigenvalue weighted by atomic mass is 16.5. The van der Waals surface area contributed by atoms with Crippen LogP contribution in [0.2, 0.25) is 0 Å². The summed E-state index contributed by atoms with van der Waals surface area (Å²) in [6.45, 7) is 6.65. The van der Waals surface area contributed by atoms with E-state index in [0.29, 0.717) is 32.6 Å². The fourth-order valence-electron chi connectivity index (χ4n) is 4.79. The molecule has 1 heterocycles. The number of nitrogens with zero attached hydrogens (tertiary/aromatic N) is 1. The Labute approximate surface area is 161 Å². The normalized spacial score (nSPS) is 25.2. The van der Waals surface area contributed by atoms with Gasteiger partial charge in [0.2, 0.25) is 0 Å². The maximum Gasteiger partial charge on any atom is 0.306 e. The number of hydrogen-bond acceptors (Lipinski definition) is 5. The van der Waals surface area contributed by atoms with E-state index in [1.807, 2.05) is 13.8 Å². The SMILES string of the molecule is CCOc1cc2c(cc1OCC)C1(CCC(C(=O)O)CC1)N(CCO)CC2. The number of fused-ring (bicyclic) bond motifs is 2. The number of rotatable bonds is 7. The van der Waals surface area contributed by atoms with Gasteiger partial charge >= 0.3 is 5.97 Å². The molecule has 0 amide bonds. The van der Waals surface area contributed by atoms with Gasteiger partial charge in [0.05, 0.1) is 25.7 Å². The van der Waals surface area contributed by atoms with Gasteiger partial charge < -0.3 is 19.7 Å². The maximum absolute atomic E-state index is 11.4. The van der Waals surface area contributed by atoms with Crippen LogP contribution in [0.4, 0.5) is 0 Å². The molecule has 0 aromatic heterocycles. The van der Waals surface area contributed by atoms with Crippen LogP contribution in [-0.4, -0.2) is 54.0 Å². The number of aliphatic hydroxyl groups excluding tert-OH is 1. The Hall–Kier alpha value is -1.79. The van der Waals surface area contributed by atoms with Crippen LogP contribution in [0.25, 0.3) is 0 Å². The van der Waals surface area contributed by atoms with Gasteiger partial charge in [-0.3, -0.25) is 9.69 Å². The Bertz CT molecular complexity index is 667. The molecule has 27 heavy (non-hydrogen) atoms. The number of hydrogen-bond donors (Lipinski definition) is 2. The predicted molar refractivity (Wildman–Crippen MR) is 102 cm³/mol. The monoisotopic (exact) mass is 377 g/mol. The van der Waals surface area contributed by atoms with E-state index in [1.54, 1.807) is 0 Å². The summed E-state index contributed by atoms with van der Waals surface area (Å²) in [5.74, 6) is 0.564. The highest BCUT2D eigenvalue weighted by Gasteiger charge is 2.46. The van der Waals surface area contributed by atoms with Crippen LogP contribution in [0.15, 0.2) is 12.1 Å². The Kier molecular flexibility index (Phi) is 6.27. The third kappa shape index (κ3) is 3.78. The summed E-state index contributed by atoms with van der Waals surface area (Å²) < 4.78 is 11.7. The number of aliphatic hydroxyl groups is 1. The smallest absolute Gasteiger partial charge is 0.306 e. The van der Waals surface area contributed by atoms with E-state index in [9.17, 15) is 15.0 Å². The third-order valence-electron chi connectivity index (χ3n) is 6.06. The fourth-order valence-corrected chi connectivity index (χ4v) is 4.79. The Morgan fingerprint density at radius 3 is 2.37 bits per heavy atom. The largest absolute Gasteiger partial charge is 0.490 e. The minimum absolute atomic E-state index is 0.106. The first-order valence-corrected chi connectivity index (χ1v) is 10.1. The highest BCUT2D eigenvalue weighted by Crippen LogP contribution is 2.49. The molecule has 0 radical (unpaired) electrons. The van der Waals surface area contributed by atoms with E-state index in [0.717, 1.165) is 37.3 Å². The summed E-state index contributed by atoms with van der Waals surface area (Å²) in [6.07, 6.45) is 3.79. The number of carboxylic acids is 1. The molecule has 6 heteroatoms. The van der Waals surface area contributed by atoms with E-state index in [4.69, 9.17) is 9.47 Å². The summed E-state index contributed by atoms with van der Waals surface area (Å²) in [7, 11) is 0. The van der Waals surface area contributed by atoms with Crippen molar-refractivity contribution in [3.05, 3.63) is 23.3 Å². The molecule has 1 aromatic carbocycles. The maximum atomic E-state index is 11.4. The summed E-state index contributed by atoms with van der Waals surface area (Å²) in [4.78, 5) is 13.8. The molecule has 1 aliphatic carbocycles. The van der Waals surface area contributed by atoms with E-state index in [2.05, 4.69) is 17.0 Å². The molecule has 1 fully saturated rings. The summed E-state index contributed by atoms with van der Waals surface area (Å²) in [6, 6.07) is 4.21. The van der Waals surface area contributed by atoms with Crippen LogP contribution >= 0.6 is 0 Å². The van der Waals surface area contributed by atoms with Gasteiger partial charge in [-0.05, 0) is 69.2 Å². The summed E-state index contributed by atoms with van der Waals surface area (Å²) >= 11 is 0. The topological polar surface area (TPSA) is 79.2 Å². The molecule has 0 saturated heterocycles. The summed E-state index contributed by atoms with van der Waals surface area (Å²) in [5.41, 5.74) is 2.25. The van der Waals surface area contributed by atoms with E-state index < -0.39 is 5.97 Å². The molecule has 1 spiro atoms. The molecule has 0 bridgehead atoms. The van der Waals surface area contributed by atoms with Crippen molar-refractivity contribution in [3.8, 4) is 11.5 Å².